The van der Waals surface area contributed by atoms with E-state index in [0.29, 0.717) is 6.10 Å². The van der Waals surface area contributed by atoms with Gasteiger partial charge < -0.3 is 10.1 Å². The second-order valence-corrected chi connectivity index (χ2v) is 6.21. The smallest absolute Gasteiger partial charge is 0.0702 e. The van der Waals surface area contributed by atoms with Gasteiger partial charge in [-0.15, -0.1) is 0 Å². The number of ether oxygens (including phenoxy) is 1. The zero-order valence-corrected chi connectivity index (χ0v) is 12.0. The highest BCUT2D eigenvalue weighted by atomic mass is 32.2. The van der Waals surface area contributed by atoms with Crippen LogP contribution in [0.2, 0.25) is 0 Å². The minimum Gasteiger partial charge on any atom is -0.377 e. The molecule has 0 saturated carbocycles. The lowest BCUT2D eigenvalue weighted by Crippen LogP contribution is -2.49. The Morgan fingerprint density at radius 3 is 3.06 bits per heavy atom. The summed E-state index contributed by atoms with van der Waals surface area (Å²) in [5, 5.41) is 4.29. The Hall–Kier alpha value is 0.230. The first-order valence-corrected chi connectivity index (χ1v) is 8.23. The van der Waals surface area contributed by atoms with E-state index in [-0.39, 0.29) is 0 Å². The Balaban J connectivity index is 1.83. The van der Waals surface area contributed by atoms with Gasteiger partial charge in [-0.05, 0) is 32.1 Å². The minimum atomic E-state index is 0.479. The van der Waals surface area contributed by atoms with Gasteiger partial charge in [0, 0.05) is 37.5 Å². The van der Waals surface area contributed by atoms with Crippen molar-refractivity contribution in [2.45, 2.75) is 43.6 Å². The Kier molecular flexibility index (Phi) is 5.60. The van der Waals surface area contributed by atoms with Crippen molar-refractivity contribution in [1.29, 1.82) is 0 Å². The van der Waals surface area contributed by atoms with Gasteiger partial charge in [0.05, 0.1) is 6.10 Å². The molecule has 0 aliphatic carbocycles. The van der Waals surface area contributed by atoms with Crippen LogP contribution in [0.4, 0.5) is 0 Å². The van der Waals surface area contributed by atoms with Gasteiger partial charge in [0.25, 0.3) is 0 Å². The molecule has 0 spiro atoms. The normalized spacial score (nSPS) is 35.3. The van der Waals surface area contributed by atoms with Crippen LogP contribution in [0.3, 0.4) is 0 Å². The highest BCUT2D eigenvalue weighted by molar-refractivity contribution is 7.99. The Bertz CT molecular complexity index is 227. The number of thioether (sulfide) groups is 1. The summed E-state index contributed by atoms with van der Waals surface area (Å²) in [6.07, 6.45) is 6.40. The van der Waals surface area contributed by atoms with Crippen molar-refractivity contribution in [2.75, 3.05) is 39.0 Å². The van der Waals surface area contributed by atoms with E-state index in [0.717, 1.165) is 37.4 Å². The number of hydrogen-bond acceptors (Lipinski definition) is 4. The second kappa shape index (κ2) is 6.98. The number of nitrogens with zero attached hydrogens (tertiary/aromatic N) is 1. The molecule has 2 fully saturated rings. The SMILES string of the molecule is CCCOC1CCCN(C2CNCC2SC)C1. The summed E-state index contributed by atoms with van der Waals surface area (Å²) in [7, 11) is 0. The molecule has 0 aromatic rings. The lowest BCUT2D eigenvalue weighted by atomic mass is 10.0. The van der Waals surface area contributed by atoms with E-state index in [1.807, 2.05) is 11.8 Å². The van der Waals surface area contributed by atoms with E-state index in [2.05, 4.69) is 23.4 Å². The van der Waals surface area contributed by atoms with Gasteiger partial charge in [0.1, 0.15) is 0 Å². The largest absolute Gasteiger partial charge is 0.377 e. The zero-order valence-electron chi connectivity index (χ0n) is 11.2. The fourth-order valence-corrected chi connectivity index (χ4v) is 3.80. The monoisotopic (exact) mass is 258 g/mol. The molecule has 100 valence electrons. The number of nitrogens with one attached hydrogen (secondary N) is 1. The van der Waals surface area contributed by atoms with Gasteiger partial charge in [-0.3, -0.25) is 4.90 Å². The van der Waals surface area contributed by atoms with Crippen molar-refractivity contribution < 1.29 is 4.74 Å². The average Bonchev–Trinajstić information content (AvgIpc) is 2.85. The van der Waals surface area contributed by atoms with E-state index in [1.54, 1.807) is 0 Å². The van der Waals surface area contributed by atoms with Crippen LogP contribution in [0.1, 0.15) is 26.2 Å². The molecule has 2 heterocycles. The molecule has 0 aromatic heterocycles. The summed E-state index contributed by atoms with van der Waals surface area (Å²) in [4.78, 5) is 2.66. The summed E-state index contributed by atoms with van der Waals surface area (Å²) in [6, 6.07) is 0.720. The van der Waals surface area contributed by atoms with E-state index in [9.17, 15) is 0 Å². The number of rotatable bonds is 5. The summed E-state index contributed by atoms with van der Waals surface area (Å²) in [5.74, 6) is 0. The molecule has 17 heavy (non-hydrogen) atoms. The molecule has 1 N–H and O–H groups in total. The van der Waals surface area contributed by atoms with Gasteiger partial charge in [0.15, 0.2) is 0 Å². The summed E-state index contributed by atoms with van der Waals surface area (Å²) in [5.41, 5.74) is 0. The molecule has 3 atom stereocenters. The fourth-order valence-electron chi connectivity index (χ4n) is 2.93. The van der Waals surface area contributed by atoms with Crippen molar-refractivity contribution >= 4 is 11.8 Å². The first-order valence-electron chi connectivity index (χ1n) is 6.94. The van der Waals surface area contributed by atoms with Crippen LogP contribution in [0.25, 0.3) is 0 Å². The third-order valence-electron chi connectivity index (χ3n) is 3.87. The Morgan fingerprint density at radius 2 is 2.29 bits per heavy atom. The third-order valence-corrected chi connectivity index (χ3v) is 4.95. The van der Waals surface area contributed by atoms with Crippen molar-refractivity contribution in [1.82, 2.24) is 10.2 Å². The Labute approximate surface area is 110 Å². The molecular formula is C13H26N2OS. The predicted molar refractivity (Wildman–Crippen MR) is 74.8 cm³/mol. The molecule has 0 bridgehead atoms. The molecule has 4 heteroatoms. The van der Waals surface area contributed by atoms with Crippen molar-refractivity contribution in [3.8, 4) is 0 Å². The first-order chi connectivity index (χ1) is 8.35. The zero-order chi connectivity index (χ0) is 12.1. The van der Waals surface area contributed by atoms with Crippen LogP contribution < -0.4 is 5.32 Å². The first kappa shape index (κ1) is 13.7. The summed E-state index contributed by atoms with van der Waals surface area (Å²) in [6.45, 7) is 7.84. The fraction of sp³-hybridized carbons (Fsp3) is 1.00. The molecule has 2 aliphatic rings. The van der Waals surface area contributed by atoms with Gasteiger partial charge in [-0.1, -0.05) is 6.92 Å². The summed E-state index contributed by atoms with van der Waals surface area (Å²) < 4.78 is 5.92. The van der Waals surface area contributed by atoms with E-state index < -0.39 is 0 Å². The van der Waals surface area contributed by atoms with Crippen molar-refractivity contribution in [3.63, 3.8) is 0 Å². The van der Waals surface area contributed by atoms with Crippen molar-refractivity contribution in [2.24, 2.45) is 0 Å². The van der Waals surface area contributed by atoms with Crippen LogP contribution in [0.15, 0.2) is 0 Å². The molecule has 2 aliphatic heterocycles. The molecule has 0 radical (unpaired) electrons. The van der Waals surface area contributed by atoms with Gasteiger partial charge in [-0.2, -0.15) is 11.8 Å². The topological polar surface area (TPSA) is 24.5 Å². The van der Waals surface area contributed by atoms with Crippen LogP contribution in [-0.4, -0.2) is 61.3 Å². The van der Waals surface area contributed by atoms with Crippen LogP contribution >= 0.6 is 11.8 Å². The molecule has 2 saturated heterocycles. The van der Waals surface area contributed by atoms with Gasteiger partial charge >= 0.3 is 0 Å². The molecule has 3 unspecified atom stereocenters. The Morgan fingerprint density at radius 1 is 1.41 bits per heavy atom. The number of likely N-dealkylation sites (tertiary alicyclic amines) is 1. The summed E-state index contributed by atoms with van der Waals surface area (Å²) >= 11 is 2.01. The lowest BCUT2D eigenvalue weighted by Gasteiger charge is -2.38. The average molecular weight is 258 g/mol. The van der Waals surface area contributed by atoms with Crippen LogP contribution in [-0.2, 0) is 4.74 Å². The van der Waals surface area contributed by atoms with E-state index in [4.69, 9.17) is 4.74 Å². The van der Waals surface area contributed by atoms with Gasteiger partial charge in [0.2, 0.25) is 0 Å². The highest BCUT2D eigenvalue weighted by Gasteiger charge is 2.34. The quantitative estimate of drug-likeness (QED) is 0.809. The molecule has 0 amide bonds. The van der Waals surface area contributed by atoms with Crippen LogP contribution in [0.5, 0.6) is 0 Å². The molecule has 2 rings (SSSR count). The molecule has 0 aromatic carbocycles. The predicted octanol–water partition coefficient (Wildman–Crippen LogP) is 1.58. The van der Waals surface area contributed by atoms with E-state index >= 15 is 0 Å². The maximum atomic E-state index is 5.92. The van der Waals surface area contributed by atoms with Gasteiger partial charge in [-0.25, -0.2) is 0 Å². The minimum absolute atomic E-state index is 0.479. The number of piperidine rings is 1. The maximum absolute atomic E-state index is 5.92. The second-order valence-electron chi connectivity index (χ2n) is 5.13. The standard InChI is InChI=1S/C13H26N2OS/c1-3-7-16-11-5-4-6-15(10-11)12-8-14-9-13(12)17-2/h11-14H,3-10H2,1-2H3. The van der Waals surface area contributed by atoms with Crippen LogP contribution in [0, 0.1) is 0 Å². The molecular weight excluding hydrogens is 232 g/mol. The highest BCUT2D eigenvalue weighted by Crippen LogP contribution is 2.24. The van der Waals surface area contributed by atoms with Crippen molar-refractivity contribution in [3.05, 3.63) is 0 Å². The number of hydrogen-bond donors (Lipinski definition) is 1. The molecule has 3 nitrogen and oxygen atoms in total. The van der Waals surface area contributed by atoms with E-state index in [1.165, 1.54) is 25.9 Å². The lowest BCUT2D eigenvalue weighted by molar-refractivity contribution is -0.00954. The third kappa shape index (κ3) is 3.60. The maximum Gasteiger partial charge on any atom is 0.0702 e.